The third-order valence-corrected chi connectivity index (χ3v) is 8.94. The van der Waals surface area contributed by atoms with Gasteiger partial charge in [-0.1, -0.05) is 13.2 Å². The first-order valence-corrected chi connectivity index (χ1v) is 17.9. The summed E-state index contributed by atoms with van der Waals surface area (Å²) in [5.74, 6) is -3.79. The van der Waals surface area contributed by atoms with Crippen LogP contribution in [0.1, 0.15) is 41.4 Å². The van der Waals surface area contributed by atoms with Gasteiger partial charge < -0.3 is 52.1 Å². The number of methoxy groups -OCH3 is 3. The summed E-state index contributed by atoms with van der Waals surface area (Å²) in [6.07, 6.45) is -1.16. The van der Waals surface area contributed by atoms with E-state index in [1.54, 1.807) is 0 Å². The van der Waals surface area contributed by atoms with Crippen molar-refractivity contribution in [3.63, 3.8) is 0 Å². The number of hydrogen-bond donors (Lipinski definition) is 0. The van der Waals surface area contributed by atoms with Gasteiger partial charge in [0.05, 0.1) is 56.8 Å². The first-order chi connectivity index (χ1) is 28.9. The van der Waals surface area contributed by atoms with Crippen LogP contribution >= 0.6 is 0 Å². The lowest BCUT2D eigenvalue weighted by Crippen LogP contribution is -2.36. The van der Waals surface area contributed by atoms with Crippen molar-refractivity contribution < 1.29 is 80.9 Å². The number of esters is 6. The monoisotopic (exact) mass is 824 g/mol. The summed E-state index contributed by atoms with van der Waals surface area (Å²) in [7, 11) is 4.01. The molecule has 0 amide bonds. The van der Waals surface area contributed by atoms with Gasteiger partial charge in [0.2, 0.25) is 0 Å². The Balaban J connectivity index is 1.01. The summed E-state index contributed by atoms with van der Waals surface area (Å²) >= 11 is 0. The van der Waals surface area contributed by atoms with Crippen molar-refractivity contribution in [3.05, 3.63) is 126 Å². The van der Waals surface area contributed by atoms with Crippen LogP contribution in [0.15, 0.2) is 104 Å². The highest BCUT2D eigenvalue weighted by molar-refractivity contribution is 5.95. The van der Waals surface area contributed by atoms with Gasteiger partial charge in [0.25, 0.3) is 0 Å². The molecule has 0 spiro atoms. The van der Waals surface area contributed by atoms with E-state index in [1.807, 2.05) is 0 Å². The third kappa shape index (κ3) is 9.61. The fraction of sp³-hybridized carbons (Fsp3) is 0.209. The van der Waals surface area contributed by atoms with Crippen molar-refractivity contribution in [1.29, 1.82) is 0 Å². The highest BCUT2D eigenvalue weighted by Gasteiger charge is 2.51. The van der Waals surface area contributed by atoms with E-state index in [0.29, 0.717) is 0 Å². The molecule has 60 heavy (non-hydrogen) atoms. The second-order valence-corrected chi connectivity index (χ2v) is 12.6. The van der Waals surface area contributed by atoms with Crippen LogP contribution in [0.5, 0.6) is 40.2 Å². The van der Waals surface area contributed by atoms with E-state index in [4.69, 9.17) is 52.1 Å². The average Bonchev–Trinajstić information content (AvgIpc) is 3.86. The van der Waals surface area contributed by atoms with Crippen molar-refractivity contribution in [2.24, 2.45) is 0 Å². The standard InChI is InChI=1S/C43H36O17/c1-6-36(44)56-28-15-10-24(18-31(28)50-3)41(47)55-27-13-8-23(9-14-27)40(46)59-34-21-53-39-35(22-54-38(34)39)60-43(49)26-12-17-30(33(20-26)52-5)58-42(48)25-11-16-29(32(19-25)51-4)57-37(45)7-2/h6-20,34-35,38-39H,1-2,21-22H2,3-5H3/t34-,35-,38-,39-/m1/s1. The Hall–Kier alpha value is -7.50. The van der Waals surface area contributed by atoms with Crippen LogP contribution in [-0.4, -0.2) is 94.8 Å². The van der Waals surface area contributed by atoms with Crippen LogP contribution in [-0.2, 0) is 28.5 Å². The van der Waals surface area contributed by atoms with Crippen molar-refractivity contribution in [2.75, 3.05) is 34.5 Å². The van der Waals surface area contributed by atoms with Crippen molar-refractivity contribution in [3.8, 4) is 40.2 Å². The van der Waals surface area contributed by atoms with Gasteiger partial charge in [-0.05, 0) is 78.9 Å². The Morgan fingerprint density at radius 3 is 1.27 bits per heavy atom. The van der Waals surface area contributed by atoms with Crippen molar-refractivity contribution >= 4 is 35.8 Å². The Bertz CT molecular complexity index is 2330. The molecule has 2 aliphatic heterocycles. The van der Waals surface area contributed by atoms with Crippen LogP contribution < -0.4 is 33.2 Å². The normalized spacial score (nSPS) is 17.5. The molecule has 2 fully saturated rings. The van der Waals surface area contributed by atoms with Gasteiger partial charge in [0, 0.05) is 12.2 Å². The highest BCUT2D eigenvalue weighted by Crippen LogP contribution is 2.35. The quantitative estimate of drug-likeness (QED) is 0.0890. The van der Waals surface area contributed by atoms with Gasteiger partial charge in [0.1, 0.15) is 18.0 Å². The summed E-state index contributed by atoms with van der Waals surface area (Å²) in [6, 6.07) is 17.9. The number of fused-ring (bicyclic) bond motifs is 1. The first-order valence-electron chi connectivity index (χ1n) is 17.9. The van der Waals surface area contributed by atoms with E-state index >= 15 is 0 Å². The van der Waals surface area contributed by atoms with E-state index < -0.39 is 60.2 Å². The molecule has 310 valence electrons. The molecule has 0 aliphatic carbocycles. The molecule has 17 heteroatoms. The molecule has 4 atom stereocenters. The lowest BCUT2D eigenvalue weighted by Gasteiger charge is -2.18. The maximum atomic E-state index is 13.2. The minimum Gasteiger partial charge on any atom is -0.493 e. The highest BCUT2D eigenvalue weighted by atomic mass is 16.7. The number of ether oxygens (including phenoxy) is 11. The van der Waals surface area contributed by atoms with Crippen LogP contribution in [0.4, 0.5) is 0 Å². The molecular formula is C43H36O17. The minimum atomic E-state index is -0.842. The largest absolute Gasteiger partial charge is 0.493 e. The van der Waals surface area contributed by atoms with E-state index in [2.05, 4.69) is 13.2 Å². The molecule has 0 bridgehead atoms. The molecule has 4 aromatic rings. The molecule has 6 rings (SSSR count). The van der Waals surface area contributed by atoms with Gasteiger partial charge in [-0.3, -0.25) is 0 Å². The summed E-state index contributed by atoms with van der Waals surface area (Å²) in [5.41, 5.74) is 0.410. The van der Waals surface area contributed by atoms with Crippen LogP contribution in [0.25, 0.3) is 0 Å². The number of rotatable bonds is 15. The second kappa shape index (κ2) is 18.8. The molecule has 0 saturated carbocycles. The molecule has 0 radical (unpaired) electrons. The lowest BCUT2D eigenvalue weighted by molar-refractivity contribution is -0.130. The number of carbonyl (C=O) groups excluding carboxylic acids is 6. The summed E-state index contributed by atoms with van der Waals surface area (Å²) in [5, 5.41) is 0. The zero-order valence-corrected chi connectivity index (χ0v) is 32.2. The minimum absolute atomic E-state index is 0.00203. The summed E-state index contributed by atoms with van der Waals surface area (Å²) in [4.78, 5) is 75.2. The maximum Gasteiger partial charge on any atom is 0.343 e. The van der Waals surface area contributed by atoms with E-state index in [9.17, 15) is 28.8 Å². The van der Waals surface area contributed by atoms with E-state index in [1.165, 1.54) is 100 Å². The summed E-state index contributed by atoms with van der Waals surface area (Å²) in [6.45, 7) is 6.62. The van der Waals surface area contributed by atoms with Gasteiger partial charge >= 0.3 is 35.8 Å². The smallest absolute Gasteiger partial charge is 0.343 e. The fourth-order valence-corrected chi connectivity index (χ4v) is 5.96. The molecule has 2 saturated heterocycles. The summed E-state index contributed by atoms with van der Waals surface area (Å²) < 4.78 is 60.0. The molecule has 2 aliphatic rings. The van der Waals surface area contributed by atoms with Crippen molar-refractivity contribution in [2.45, 2.75) is 24.4 Å². The lowest BCUT2D eigenvalue weighted by atomic mass is 10.1. The van der Waals surface area contributed by atoms with E-state index in [-0.39, 0.29) is 75.7 Å². The molecule has 0 unspecified atom stereocenters. The Labute approximate surface area is 341 Å². The number of benzene rings is 4. The molecule has 17 nitrogen and oxygen atoms in total. The Morgan fingerprint density at radius 1 is 0.483 bits per heavy atom. The second-order valence-electron chi connectivity index (χ2n) is 12.6. The van der Waals surface area contributed by atoms with E-state index in [0.717, 1.165) is 12.2 Å². The van der Waals surface area contributed by atoms with Crippen LogP contribution in [0, 0.1) is 0 Å². The van der Waals surface area contributed by atoms with Crippen molar-refractivity contribution in [1.82, 2.24) is 0 Å². The molecule has 2 heterocycles. The zero-order chi connectivity index (χ0) is 42.9. The Kier molecular flexibility index (Phi) is 13.2. The van der Waals surface area contributed by atoms with Gasteiger partial charge in [-0.25, -0.2) is 28.8 Å². The van der Waals surface area contributed by atoms with Crippen LogP contribution in [0.3, 0.4) is 0 Å². The van der Waals surface area contributed by atoms with Gasteiger partial charge in [-0.2, -0.15) is 0 Å². The predicted octanol–water partition coefficient (Wildman–Crippen LogP) is 4.88. The first kappa shape index (κ1) is 42.1. The fourth-order valence-electron chi connectivity index (χ4n) is 5.96. The number of carbonyl (C=O) groups is 6. The molecule has 0 N–H and O–H groups in total. The molecule has 0 aromatic heterocycles. The SMILES string of the molecule is C=CC(=O)Oc1ccc(C(=O)Oc2ccc(C(=O)O[C@@H]3CO[C@H]4[C@@H]3OC[C@H]4OC(=O)c3ccc(OC(=O)c4ccc(OC(=O)C=C)c(OC)c4)c(OC)c3)cc2)cc1OC. The average molecular weight is 825 g/mol. The van der Waals surface area contributed by atoms with Gasteiger partial charge in [-0.15, -0.1) is 0 Å². The zero-order valence-electron chi connectivity index (χ0n) is 32.2. The van der Waals surface area contributed by atoms with Crippen LogP contribution in [0.2, 0.25) is 0 Å². The topological polar surface area (TPSA) is 204 Å². The number of hydrogen-bond acceptors (Lipinski definition) is 17. The molecule has 4 aromatic carbocycles. The molecular weight excluding hydrogens is 788 g/mol. The Morgan fingerprint density at radius 2 is 0.850 bits per heavy atom. The maximum absolute atomic E-state index is 13.2. The third-order valence-electron chi connectivity index (χ3n) is 8.94. The predicted molar refractivity (Wildman–Crippen MR) is 205 cm³/mol. The van der Waals surface area contributed by atoms with Gasteiger partial charge in [0.15, 0.2) is 46.7 Å².